The standard InChI is InChI=1S/C9H4BF2N/c1-4-5-2-6(11)7(12)3-8(5)13-9(4)10/h2-3H,1H2. The van der Waals surface area contributed by atoms with Crippen molar-refractivity contribution in [1.29, 1.82) is 0 Å². The summed E-state index contributed by atoms with van der Waals surface area (Å²) in [6, 6.07) is 2.06. The molecule has 4 heteroatoms. The number of allylic oxidation sites excluding steroid dienone is 1. The minimum Gasteiger partial charge on any atom is -0.264 e. The molecule has 1 aromatic carbocycles. The van der Waals surface area contributed by atoms with E-state index >= 15 is 0 Å². The molecule has 1 nitrogen and oxygen atoms in total. The van der Waals surface area contributed by atoms with Gasteiger partial charge >= 0.3 is 0 Å². The molecule has 13 heavy (non-hydrogen) atoms. The van der Waals surface area contributed by atoms with Crippen molar-refractivity contribution >= 4 is 24.7 Å². The van der Waals surface area contributed by atoms with Crippen LogP contribution in [-0.2, 0) is 0 Å². The number of rotatable bonds is 0. The Balaban J connectivity index is 2.68. The molecule has 0 aliphatic carbocycles. The zero-order valence-corrected chi connectivity index (χ0v) is 6.64. The van der Waals surface area contributed by atoms with Crippen LogP contribution in [0.15, 0.2) is 23.7 Å². The molecular weight excluding hydrogens is 171 g/mol. The first-order chi connectivity index (χ1) is 6.09. The lowest BCUT2D eigenvalue weighted by Gasteiger charge is -1.99. The molecule has 0 spiro atoms. The average molecular weight is 175 g/mol. The molecule has 62 valence electrons. The maximum absolute atomic E-state index is 12.8. The van der Waals surface area contributed by atoms with Crippen LogP contribution in [0.4, 0.5) is 14.5 Å². The van der Waals surface area contributed by atoms with Crippen molar-refractivity contribution in [3.63, 3.8) is 0 Å². The smallest absolute Gasteiger partial charge is 0.161 e. The third-order valence-corrected chi connectivity index (χ3v) is 1.91. The lowest BCUT2D eigenvalue weighted by molar-refractivity contribution is 0.509. The van der Waals surface area contributed by atoms with Crippen LogP contribution in [0.1, 0.15) is 5.56 Å². The van der Waals surface area contributed by atoms with Gasteiger partial charge in [0.2, 0.25) is 0 Å². The minimum absolute atomic E-state index is 0.208. The third kappa shape index (κ3) is 1.10. The summed E-state index contributed by atoms with van der Waals surface area (Å²) in [5, 5.41) is 0. The Labute approximate surface area is 75.2 Å². The summed E-state index contributed by atoms with van der Waals surface area (Å²) >= 11 is 0. The van der Waals surface area contributed by atoms with Crippen LogP contribution >= 0.6 is 0 Å². The zero-order chi connectivity index (χ0) is 9.59. The molecule has 2 radical (unpaired) electrons. The van der Waals surface area contributed by atoms with E-state index in [-0.39, 0.29) is 5.61 Å². The Morgan fingerprint density at radius 2 is 1.85 bits per heavy atom. The number of hydrogen-bond acceptors (Lipinski definition) is 1. The monoisotopic (exact) mass is 175 g/mol. The molecule has 2 rings (SSSR count). The predicted molar refractivity (Wildman–Crippen MR) is 48.2 cm³/mol. The van der Waals surface area contributed by atoms with E-state index in [9.17, 15) is 8.78 Å². The molecule has 1 aliphatic rings. The van der Waals surface area contributed by atoms with Crippen LogP contribution in [-0.4, -0.2) is 13.5 Å². The quantitative estimate of drug-likeness (QED) is 0.535. The Kier molecular flexibility index (Phi) is 1.58. The highest BCUT2D eigenvalue weighted by molar-refractivity contribution is 6.72. The van der Waals surface area contributed by atoms with Crippen LogP contribution in [0, 0.1) is 11.6 Å². The van der Waals surface area contributed by atoms with Gasteiger partial charge in [-0.1, -0.05) is 6.58 Å². The molecule has 1 aliphatic heterocycles. The highest BCUT2D eigenvalue weighted by Crippen LogP contribution is 2.34. The highest BCUT2D eigenvalue weighted by atomic mass is 19.2. The average Bonchev–Trinajstić information content (AvgIpc) is 2.32. The Bertz CT molecular complexity index is 437. The van der Waals surface area contributed by atoms with Crippen LogP contribution in [0.3, 0.4) is 0 Å². The third-order valence-electron chi connectivity index (χ3n) is 1.91. The van der Waals surface area contributed by atoms with E-state index in [1.54, 1.807) is 0 Å². The van der Waals surface area contributed by atoms with Crippen molar-refractivity contribution in [3.05, 3.63) is 35.9 Å². The maximum Gasteiger partial charge on any atom is 0.161 e. The Morgan fingerprint density at radius 3 is 2.54 bits per heavy atom. The van der Waals surface area contributed by atoms with Gasteiger partial charge in [-0.25, -0.2) is 8.78 Å². The Hall–Kier alpha value is -1.45. The van der Waals surface area contributed by atoms with Crippen LogP contribution in [0.5, 0.6) is 0 Å². The van der Waals surface area contributed by atoms with Crippen molar-refractivity contribution in [2.24, 2.45) is 4.99 Å². The summed E-state index contributed by atoms with van der Waals surface area (Å²) < 4.78 is 25.5. The molecule has 0 bridgehead atoms. The fourth-order valence-electron chi connectivity index (χ4n) is 1.21. The molecule has 0 fully saturated rings. The van der Waals surface area contributed by atoms with Crippen molar-refractivity contribution in [2.75, 3.05) is 0 Å². The molecule has 1 heterocycles. The van der Waals surface area contributed by atoms with Gasteiger partial charge in [0.05, 0.1) is 5.69 Å². The van der Waals surface area contributed by atoms with E-state index < -0.39 is 11.6 Å². The van der Waals surface area contributed by atoms with Gasteiger partial charge in [0.25, 0.3) is 0 Å². The molecule has 0 atom stereocenters. The topological polar surface area (TPSA) is 12.4 Å². The Morgan fingerprint density at radius 1 is 1.23 bits per heavy atom. The van der Waals surface area contributed by atoms with Crippen molar-refractivity contribution < 1.29 is 8.78 Å². The fraction of sp³-hybridized carbons (Fsp3) is 0. The lowest BCUT2D eigenvalue weighted by Crippen LogP contribution is -1.93. The fourth-order valence-corrected chi connectivity index (χ4v) is 1.21. The second-order valence-electron chi connectivity index (χ2n) is 2.76. The van der Waals surface area contributed by atoms with Crippen molar-refractivity contribution in [3.8, 4) is 0 Å². The lowest BCUT2D eigenvalue weighted by atomic mass is 9.92. The van der Waals surface area contributed by atoms with Gasteiger partial charge in [0.15, 0.2) is 11.6 Å². The number of halogens is 2. The number of nitrogens with zero attached hydrogens (tertiary/aromatic N) is 1. The summed E-state index contributed by atoms with van der Waals surface area (Å²) in [7, 11) is 5.43. The summed E-state index contributed by atoms with van der Waals surface area (Å²) in [6.07, 6.45) is 0. The first kappa shape index (κ1) is 8.17. The molecular formula is C9H4BF2N. The second-order valence-corrected chi connectivity index (χ2v) is 2.76. The molecule has 0 saturated carbocycles. The summed E-state index contributed by atoms with van der Waals surface area (Å²) in [4.78, 5) is 3.82. The van der Waals surface area contributed by atoms with Gasteiger partial charge < -0.3 is 0 Å². The van der Waals surface area contributed by atoms with Crippen LogP contribution < -0.4 is 0 Å². The SMILES string of the molecule is [B]C1=Nc2cc(F)c(F)cc2C1=C. The molecule has 0 saturated heterocycles. The molecule has 0 unspecified atom stereocenters. The highest BCUT2D eigenvalue weighted by Gasteiger charge is 2.18. The maximum atomic E-state index is 12.8. The van der Waals surface area contributed by atoms with E-state index in [4.69, 9.17) is 7.85 Å². The number of benzene rings is 1. The van der Waals surface area contributed by atoms with Gasteiger partial charge in [-0.3, -0.25) is 4.99 Å². The molecule has 1 aromatic rings. The van der Waals surface area contributed by atoms with Crippen LogP contribution in [0.25, 0.3) is 5.57 Å². The van der Waals surface area contributed by atoms with Crippen molar-refractivity contribution in [2.45, 2.75) is 0 Å². The number of aliphatic imine (C=N–C) groups is 1. The zero-order valence-electron chi connectivity index (χ0n) is 6.64. The van der Waals surface area contributed by atoms with E-state index in [1.165, 1.54) is 0 Å². The van der Waals surface area contributed by atoms with E-state index in [1.807, 2.05) is 0 Å². The first-order valence-electron chi connectivity index (χ1n) is 3.62. The summed E-state index contributed by atoms with van der Waals surface area (Å²) in [5.74, 6) is -1.84. The van der Waals surface area contributed by atoms with Crippen LogP contribution in [0.2, 0.25) is 0 Å². The first-order valence-corrected chi connectivity index (χ1v) is 3.62. The molecule has 0 amide bonds. The normalized spacial score (nSPS) is 14.3. The van der Waals surface area contributed by atoms with Gasteiger partial charge in [0.1, 0.15) is 7.85 Å². The van der Waals surface area contributed by atoms with E-state index in [0.717, 1.165) is 12.1 Å². The van der Waals surface area contributed by atoms with Gasteiger partial charge in [-0.2, -0.15) is 0 Å². The number of hydrogen-bond donors (Lipinski definition) is 0. The van der Waals surface area contributed by atoms with Gasteiger partial charge in [-0.05, 0) is 17.3 Å². The van der Waals surface area contributed by atoms with E-state index in [0.29, 0.717) is 16.8 Å². The van der Waals surface area contributed by atoms with Gasteiger partial charge in [0, 0.05) is 11.6 Å². The van der Waals surface area contributed by atoms with Crippen molar-refractivity contribution in [1.82, 2.24) is 0 Å². The van der Waals surface area contributed by atoms with E-state index in [2.05, 4.69) is 11.6 Å². The number of fused-ring (bicyclic) bond motifs is 1. The van der Waals surface area contributed by atoms with Gasteiger partial charge in [-0.15, -0.1) is 0 Å². The second kappa shape index (κ2) is 2.52. The molecule has 0 aromatic heterocycles. The summed E-state index contributed by atoms with van der Waals surface area (Å²) in [5.41, 5.74) is 1.44. The largest absolute Gasteiger partial charge is 0.264 e. The minimum atomic E-state index is -0.926. The predicted octanol–water partition coefficient (Wildman–Crippen LogP) is 2.19. The summed E-state index contributed by atoms with van der Waals surface area (Å²) in [6.45, 7) is 3.60. The molecule has 0 N–H and O–H groups in total.